The SMILES string of the molecule is Cc1cc(=O)oc2cc(N=Nc3ccc(N(Cc4ccccn4)Cc4ccccn4)cc3)ccc12. The van der Waals surface area contributed by atoms with Gasteiger partial charge in [-0.15, -0.1) is 0 Å². The van der Waals surface area contributed by atoms with E-state index in [1.165, 1.54) is 6.07 Å². The van der Waals surface area contributed by atoms with Crippen molar-refractivity contribution in [2.45, 2.75) is 20.0 Å². The number of nitrogens with zero attached hydrogens (tertiary/aromatic N) is 5. The smallest absolute Gasteiger partial charge is 0.336 e. The van der Waals surface area contributed by atoms with Crippen LogP contribution in [-0.4, -0.2) is 9.97 Å². The first-order valence-electron chi connectivity index (χ1n) is 11.3. The van der Waals surface area contributed by atoms with Gasteiger partial charge in [0.1, 0.15) is 5.58 Å². The summed E-state index contributed by atoms with van der Waals surface area (Å²) in [4.78, 5) is 22.9. The Bertz CT molecular complexity index is 1470. The van der Waals surface area contributed by atoms with Crippen molar-refractivity contribution < 1.29 is 4.42 Å². The first-order valence-corrected chi connectivity index (χ1v) is 11.3. The summed E-state index contributed by atoms with van der Waals surface area (Å²) in [5.41, 5.74) is 5.31. The lowest BCUT2D eigenvalue weighted by molar-refractivity contribution is 0.560. The van der Waals surface area contributed by atoms with Gasteiger partial charge in [0.05, 0.1) is 35.9 Å². The van der Waals surface area contributed by atoms with Crippen LogP contribution in [0.4, 0.5) is 17.1 Å². The highest BCUT2D eigenvalue weighted by Crippen LogP contribution is 2.26. The summed E-state index contributed by atoms with van der Waals surface area (Å²) in [5, 5.41) is 9.57. The summed E-state index contributed by atoms with van der Waals surface area (Å²) >= 11 is 0. The van der Waals surface area contributed by atoms with Gasteiger partial charge in [0.15, 0.2) is 0 Å². The van der Waals surface area contributed by atoms with E-state index in [4.69, 9.17) is 4.42 Å². The van der Waals surface area contributed by atoms with Crippen LogP contribution >= 0.6 is 0 Å². The Kier molecular flexibility index (Phi) is 6.39. The standard InChI is InChI=1S/C28H23N5O2/c1-20-16-28(34)35-27-17-22(10-13-26(20)27)32-31-21-8-11-25(12-9-21)33(18-23-6-2-4-14-29-23)19-24-7-3-5-15-30-24/h2-17H,18-19H2,1H3. The molecule has 0 unspecified atom stereocenters. The number of hydrogen-bond donors (Lipinski definition) is 0. The van der Waals surface area contributed by atoms with Crippen LogP contribution in [0.2, 0.25) is 0 Å². The summed E-state index contributed by atoms with van der Waals surface area (Å²) in [7, 11) is 0. The first kappa shape index (κ1) is 22.2. The first-order chi connectivity index (χ1) is 17.1. The predicted molar refractivity (Wildman–Crippen MR) is 136 cm³/mol. The van der Waals surface area contributed by atoms with E-state index >= 15 is 0 Å². The van der Waals surface area contributed by atoms with Crippen LogP contribution in [0.5, 0.6) is 0 Å². The van der Waals surface area contributed by atoms with E-state index in [2.05, 4.69) is 25.1 Å². The van der Waals surface area contributed by atoms with Gasteiger partial charge in [-0.1, -0.05) is 12.1 Å². The molecule has 0 aliphatic rings. The lowest BCUT2D eigenvalue weighted by atomic mass is 10.1. The average Bonchev–Trinajstić information content (AvgIpc) is 2.88. The number of anilines is 1. The van der Waals surface area contributed by atoms with Crippen molar-refractivity contribution in [1.29, 1.82) is 0 Å². The van der Waals surface area contributed by atoms with Gasteiger partial charge in [-0.3, -0.25) is 9.97 Å². The third kappa shape index (κ3) is 5.47. The van der Waals surface area contributed by atoms with Crippen LogP contribution in [-0.2, 0) is 13.1 Å². The molecule has 0 bridgehead atoms. The van der Waals surface area contributed by atoms with Gasteiger partial charge in [-0.2, -0.15) is 10.2 Å². The van der Waals surface area contributed by atoms with Crippen LogP contribution in [0, 0.1) is 6.92 Å². The molecule has 0 saturated heterocycles. The summed E-state index contributed by atoms with van der Waals surface area (Å²) in [5.74, 6) is 0. The fourth-order valence-electron chi connectivity index (χ4n) is 3.83. The van der Waals surface area contributed by atoms with Crippen molar-refractivity contribution in [1.82, 2.24) is 9.97 Å². The number of azo groups is 1. The molecule has 35 heavy (non-hydrogen) atoms. The molecule has 0 radical (unpaired) electrons. The molecule has 2 aromatic carbocycles. The average molecular weight is 462 g/mol. The highest BCUT2D eigenvalue weighted by molar-refractivity contribution is 5.82. The number of hydrogen-bond acceptors (Lipinski definition) is 7. The Morgan fingerprint density at radius 2 is 1.40 bits per heavy atom. The van der Waals surface area contributed by atoms with E-state index in [9.17, 15) is 4.79 Å². The Labute approximate surface area is 202 Å². The summed E-state index contributed by atoms with van der Waals surface area (Å²) < 4.78 is 5.30. The minimum absolute atomic E-state index is 0.374. The number of rotatable bonds is 7. The molecule has 3 heterocycles. The van der Waals surface area contributed by atoms with Gasteiger partial charge in [0.25, 0.3) is 0 Å². The largest absolute Gasteiger partial charge is 0.423 e. The molecule has 0 saturated carbocycles. The quantitative estimate of drug-likeness (QED) is 0.204. The molecule has 172 valence electrons. The van der Waals surface area contributed by atoms with Crippen molar-refractivity contribution in [3.63, 3.8) is 0 Å². The molecule has 5 aromatic rings. The number of aromatic nitrogens is 2. The Morgan fingerprint density at radius 1 is 0.771 bits per heavy atom. The fourth-order valence-corrected chi connectivity index (χ4v) is 3.83. The lowest BCUT2D eigenvalue weighted by Gasteiger charge is -2.24. The van der Waals surface area contributed by atoms with Crippen LogP contribution in [0.1, 0.15) is 17.0 Å². The molecule has 0 spiro atoms. The second kappa shape index (κ2) is 10.1. The monoisotopic (exact) mass is 461 g/mol. The normalized spacial score (nSPS) is 11.2. The van der Waals surface area contributed by atoms with E-state index in [1.807, 2.05) is 79.7 Å². The van der Waals surface area contributed by atoms with E-state index in [0.29, 0.717) is 24.4 Å². The van der Waals surface area contributed by atoms with Crippen LogP contribution in [0.3, 0.4) is 0 Å². The zero-order chi connectivity index (χ0) is 24.0. The predicted octanol–water partition coefficient (Wildman–Crippen LogP) is 6.51. The van der Waals surface area contributed by atoms with Gasteiger partial charge in [-0.25, -0.2) is 4.79 Å². The molecule has 0 aliphatic heterocycles. The zero-order valence-electron chi connectivity index (χ0n) is 19.2. The Balaban J connectivity index is 1.37. The highest BCUT2D eigenvalue weighted by Gasteiger charge is 2.10. The van der Waals surface area contributed by atoms with Crippen molar-refractivity contribution >= 4 is 28.0 Å². The van der Waals surface area contributed by atoms with Gasteiger partial charge in [0.2, 0.25) is 0 Å². The summed E-state index contributed by atoms with van der Waals surface area (Å²) in [6, 6.07) is 26.7. The molecular formula is C28H23N5O2. The van der Waals surface area contributed by atoms with Crippen LogP contribution in [0.25, 0.3) is 11.0 Å². The third-order valence-electron chi connectivity index (χ3n) is 5.59. The Hall–Kier alpha value is -4.65. The molecule has 0 aliphatic carbocycles. The number of fused-ring (bicyclic) bond motifs is 1. The van der Waals surface area contributed by atoms with Crippen LogP contribution in [0.15, 0.2) is 117 Å². The maximum atomic E-state index is 11.7. The van der Waals surface area contributed by atoms with Gasteiger partial charge in [-0.05, 0) is 73.2 Å². The number of benzene rings is 2. The zero-order valence-corrected chi connectivity index (χ0v) is 19.2. The van der Waals surface area contributed by atoms with E-state index in [0.717, 1.165) is 33.7 Å². The lowest BCUT2D eigenvalue weighted by Crippen LogP contribution is -2.23. The van der Waals surface area contributed by atoms with E-state index in [1.54, 1.807) is 18.5 Å². The number of pyridine rings is 2. The minimum atomic E-state index is -0.374. The molecule has 0 fully saturated rings. The Morgan fingerprint density at radius 3 is 2.03 bits per heavy atom. The molecule has 5 rings (SSSR count). The van der Waals surface area contributed by atoms with E-state index < -0.39 is 0 Å². The minimum Gasteiger partial charge on any atom is -0.423 e. The van der Waals surface area contributed by atoms with Crippen LogP contribution < -0.4 is 10.5 Å². The molecule has 0 N–H and O–H groups in total. The highest BCUT2D eigenvalue weighted by atomic mass is 16.4. The molecule has 0 amide bonds. The molecular weight excluding hydrogens is 438 g/mol. The van der Waals surface area contributed by atoms with Crippen molar-refractivity contribution in [3.05, 3.63) is 125 Å². The van der Waals surface area contributed by atoms with Crippen molar-refractivity contribution in [3.8, 4) is 0 Å². The third-order valence-corrected chi connectivity index (χ3v) is 5.59. The maximum Gasteiger partial charge on any atom is 0.336 e. The summed E-state index contributed by atoms with van der Waals surface area (Å²) in [6.45, 7) is 3.19. The topological polar surface area (TPSA) is 84.0 Å². The summed E-state index contributed by atoms with van der Waals surface area (Å²) in [6.07, 6.45) is 3.61. The molecule has 0 atom stereocenters. The van der Waals surface area contributed by atoms with Crippen molar-refractivity contribution in [2.24, 2.45) is 10.2 Å². The fraction of sp³-hybridized carbons (Fsp3) is 0.107. The van der Waals surface area contributed by atoms with E-state index in [-0.39, 0.29) is 5.63 Å². The van der Waals surface area contributed by atoms with Crippen molar-refractivity contribution in [2.75, 3.05) is 4.90 Å². The second-order valence-corrected chi connectivity index (χ2v) is 8.14. The molecule has 3 aromatic heterocycles. The molecule has 7 nitrogen and oxygen atoms in total. The maximum absolute atomic E-state index is 11.7. The van der Waals surface area contributed by atoms with Gasteiger partial charge in [0, 0.05) is 35.6 Å². The second-order valence-electron chi connectivity index (χ2n) is 8.14. The molecule has 7 heteroatoms. The number of aryl methyl sites for hydroxylation is 1. The van der Waals surface area contributed by atoms with Gasteiger partial charge >= 0.3 is 5.63 Å². The van der Waals surface area contributed by atoms with Gasteiger partial charge < -0.3 is 9.32 Å².